The highest BCUT2D eigenvalue weighted by Gasteiger charge is 2.33. The van der Waals surface area contributed by atoms with E-state index in [2.05, 4.69) is 16.0 Å². The first-order valence-corrected chi connectivity index (χ1v) is 8.40. The van der Waals surface area contributed by atoms with E-state index in [4.69, 9.17) is 9.47 Å². The highest BCUT2D eigenvalue weighted by Crippen LogP contribution is 2.35. The zero-order valence-corrected chi connectivity index (χ0v) is 15.3. The van der Waals surface area contributed by atoms with Crippen LogP contribution in [-0.4, -0.2) is 26.2 Å². The van der Waals surface area contributed by atoms with Gasteiger partial charge in [0.05, 0.1) is 25.8 Å². The topological polar surface area (TPSA) is 88.7 Å². The lowest BCUT2D eigenvalue weighted by molar-refractivity contribution is -0.113. The van der Waals surface area contributed by atoms with E-state index in [-0.39, 0.29) is 11.9 Å². The summed E-state index contributed by atoms with van der Waals surface area (Å²) in [6.45, 7) is 1.70. The average Bonchev–Trinajstić information content (AvgIpc) is 2.67. The summed E-state index contributed by atoms with van der Waals surface area (Å²) >= 11 is 0. The van der Waals surface area contributed by atoms with E-state index in [1.165, 1.54) is 7.11 Å². The van der Waals surface area contributed by atoms with E-state index in [0.29, 0.717) is 34.0 Å². The van der Waals surface area contributed by atoms with Crippen LogP contribution in [0.2, 0.25) is 0 Å². The molecule has 0 fully saturated rings. The van der Waals surface area contributed by atoms with Crippen molar-refractivity contribution in [3.63, 3.8) is 0 Å². The Bertz CT molecular complexity index is 893. The maximum absolute atomic E-state index is 13.0. The van der Waals surface area contributed by atoms with E-state index in [1.54, 1.807) is 44.4 Å². The van der Waals surface area contributed by atoms with Gasteiger partial charge in [0.2, 0.25) is 0 Å². The highest BCUT2D eigenvalue weighted by molar-refractivity contribution is 6.06. The number of ether oxygens (including phenoxy) is 2. The van der Waals surface area contributed by atoms with Crippen LogP contribution in [0.4, 0.5) is 10.5 Å². The number of nitrogens with one attached hydrogen (secondary N) is 3. The number of hydrogen-bond acceptors (Lipinski definition) is 4. The Labute approximate surface area is 157 Å². The largest absolute Gasteiger partial charge is 0.497 e. The number of hydrogen-bond donors (Lipinski definition) is 3. The molecule has 1 heterocycles. The fourth-order valence-electron chi connectivity index (χ4n) is 3.00. The third-order valence-electron chi connectivity index (χ3n) is 4.30. The van der Waals surface area contributed by atoms with E-state index in [9.17, 15) is 9.59 Å². The van der Waals surface area contributed by atoms with Gasteiger partial charge >= 0.3 is 6.03 Å². The van der Waals surface area contributed by atoms with Crippen LogP contribution in [0, 0.1) is 0 Å². The van der Waals surface area contributed by atoms with Gasteiger partial charge in [-0.05, 0) is 31.2 Å². The van der Waals surface area contributed by atoms with Gasteiger partial charge in [0.1, 0.15) is 11.5 Å². The standard InChI is InChI=1S/C20H21N3O4/c1-12-17(19(24)22-13-7-5-4-6-8-13)18(23-20(25)21-12)15-10-9-14(26-2)11-16(15)27-3/h4-11,18H,1-3H3,(H,22,24)(H2,21,23,25)/t18-/m0/s1. The Hall–Kier alpha value is -3.48. The van der Waals surface area contributed by atoms with Gasteiger partial charge < -0.3 is 25.4 Å². The molecule has 0 aromatic heterocycles. The molecule has 2 aromatic rings. The maximum atomic E-state index is 13.0. The SMILES string of the molecule is COc1ccc([C@@H]2NC(=O)NC(C)=C2C(=O)Nc2ccccc2)c(OC)c1. The summed E-state index contributed by atoms with van der Waals surface area (Å²) in [6, 6.07) is 13.3. The van der Waals surface area contributed by atoms with E-state index in [0.717, 1.165) is 0 Å². The zero-order valence-electron chi connectivity index (χ0n) is 15.3. The summed E-state index contributed by atoms with van der Waals surface area (Å²) in [7, 11) is 3.09. The molecule has 0 aliphatic carbocycles. The average molecular weight is 367 g/mol. The van der Waals surface area contributed by atoms with Crippen molar-refractivity contribution in [3.05, 3.63) is 65.4 Å². The van der Waals surface area contributed by atoms with Gasteiger partial charge in [-0.3, -0.25) is 4.79 Å². The van der Waals surface area contributed by atoms with Crippen molar-refractivity contribution in [2.45, 2.75) is 13.0 Å². The van der Waals surface area contributed by atoms with Crippen LogP contribution in [0.1, 0.15) is 18.5 Å². The molecule has 0 unspecified atom stereocenters. The van der Waals surface area contributed by atoms with Gasteiger partial charge in [0.15, 0.2) is 0 Å². The Kier molecular flexibility index (Phi) is 5.30. The quantitative estimate of drug-likeness (QED) is 0.758. The van der Waals surface area contributed by atoms with Crippen LogP contribution in [0.3, 0.4) is 0 Å². The van der Waals surface area contributed by atoms with Crippen LogP contribution in [-0.2, 0) is 4.79 Å². The molecular weight excluding hydrogens is 346 g/mol. The number of amides is 3. The fraction of sp³-hybridized carbons (Fsp3) is 0.200. The first-order chi connectivity index (χ1) is 13.0. The summed E-state index contributed by atoms with van der Waals surface area (Å²) in [5.74, 6) is 0.820. The van der Waals surface area contributed by atoms with Crippen LogP contribution >= 0.6 is 0 Å². The lowest BCUT2D eigenvalue weighted by Gasteiger charge is -2.29. The smallest absolute Gasteiger partial charge is 0.319 e. The van der Waals surface area contributed by atoms with Gasteiger partial charge in [0.25, 0.3) is 5.91 Å². The second-order valence-corrected chi connectivity index (χ2v) is 6.00. The Morgan fingerprint density at radius 2 is 1.81 bits per heavy atom. The number of benzene rings is 2. The third kappa shape index (κ3) is 3.87. The summed E-state index contributed by atoms with van der Waals surface area (Å²) in [5, 5.41) is 8.32. The molecular formula is C20H21N3O4. The molecule has 0 spiro atoms. The summed E-state index contributed by atoms with van der Waals surface area (Å²) < 4.78 is 10.7. The van der Waals surface area contributed by atoms with Crippen molar-refractivity contribution in [2.24, 2.45) is 0 Å². The molecule has 1 aliphatic rings. The molecule has 3 rings (SSSR count). The van der Waals surface area contributed by atoms with Crippen molar-refractivity contribution in [2.75, 3.05) is 19.5 Å². The molecule has 0 radical (unpaired) electrons. The molecule has 0 saturated heterocycles. The molecule has 0 bridgehead atoms. The molecule has 1 aliphatic heterocycles. The molecule has 2 aromatic carbocycles. The molecule has 27 heavy (non-hydrogen) atoms. The van der Waals surface area contributed by atoms with Gasteiger partial charge in [-0.15, -0.1) is 0 Å². The molecule has 7 nitrogen and oxygen atoms in total. The summed E-state index contributed by atoms with van der Waals surface area (Å²) in [6.07, 6.45) is 0. The fourth-order valence-corrected chi connectivity index (χ4v) is 3.00. The van der Waals surface area contributed by atoms with E-state index >= 15 is 0 Å². The summed E-state index contributed by atoms with van der Waals surface area (Å²) in [5.41, 5.74) is 2.21. The first kappa shape index (κ1) is 18.3. The number of carbonyl (C=O) groups is 2. The Morgan fingerprint density at radius 3 is 2.48 bits per heavy atom. The molecule has 140 valence electrons. The summed E-state index contributed by atoms with van der Waals surface area (Å²) in [4.78, 5) is 25.0. The van der Waals surface area contributed by atoms with Gasteiger partial charge in [0, 0.05) is 23.0 Å². The van der Waals surface area contributed by atoms with Crippen molar-refractivity contribution in [1.29, 1.82) is 0 Å². The number of carbonyl (C=O) groups excluding carboxylic acids is 2. The van der Waals surface area contributed by atoms with E-state index in [1.807, 2.05) is 18.2 Å². The predicted octanol–water partition coefficient (Wildman–Crippen LogP) is 2.97. The van der Waals surface area contributed by atoms with E-state index < -0.39 is 6.04 Å². The number of urea groups is 1. The Morgan fingerprint density at radius 1 is 1.07 bits per heavy atom. The van der Waals surface area contributed by atoms with Crippen LogP contribution < -0.4 is 25.4 Å². The van der Waals surface area contributed by atoms with Crippen molar-refractivity contribution in [3.8, 4) is 11.5 Å². The molecule has 7 heteroatoms. The minimum Gasteiger partial charge on any atom is -0.497 e. The normalized spacial score (nSPS) is 16.3. The van der Waals surface area contributed by atoms with Gasteiger partial charge in [-0.25, -0.2) is 4.79 Å². The molecule has 3 N–H and O–H groups in total. The maximum Gasteiger partial charge on any atom is 0.319 e. The van der Waals surface area contributed by atoms with Gasteiger partial charge in [-0.2, -0.15) is 0 Å². The number of para-hydroxylation sites is 1. The number of methoxy groups -OCH3 is 2. The zero-order chi connectivity index (χ0) is 19.4. The minimum absolute atomic E-state index is 0.311. The van der Waals surface area contributed by atoms with Crippen LogP contribution in [0.15, 0.2) is 59.8 Å². The first-order valence-electron chi connectivity index (χ1n) is 8.40. The second-order valence-electron chi connectivity index (χ2n) is 6.00. The lowest BCUT2D eigenvalue weighted by atomic mass is 9.94. The highest BCUT2D eigenvalue weighted by atomic mass is 16.5. The second kappa shape index (κ2) is 7.82. The number of rotatable bonds is 5. The minimum atomic E-state index is -0.664. The number of allylic oxidation sites excluding steroid dienone is 1. The Balaban J connectivity index is 2.01. The van der Waals surface area contributed by atoms with Crippen molar-refractivity contribution < 1.29 is 19.1 Å². The lowest BCUT2D eigenvalue weighted by Crippen LogP contribution is -2.46. The number of anilines is 1. The van der Waals surface area contributed by atoms with Crippen molar-refractivity contribution in [1.82, 2.24) is 10.6 Å². The van der Waals surface area contributed by atoms with Crippen LogP contribution in [0.25, 0.3) is 0 Å². The third-order valence-corrected chi connectivity index (χ3v) is 4.30. The van der Waals surface area contributed by atoms with Gasteiger partial charge in [-0.1, -0.05) is 18.2 Å². The van der Waals surface area contributed by atoms with Crippen molar-refractivity contribution >= 4 is 17.6 Å². The van der Waals surface area contributed by atoms with Crippen LogP contribution in [0.5, 0.6) is 11.5 Å². The molecule has 0 saturated carbocycles. The predicted molar refractivity (Wildman–Crippen MR) is 102 cm³/mol. The monoisotopic (exact) mass is 367 g/mol. The molecule has 3 amide bonds. The molecule has 1 atom stereocenters.